The van der Waals surface area contributed by atoms with Gasteiger partial charge in [-0.2, -0.15) is 5.26 Å². The quantitative estimate of drug-likeness (QED) is 0.196. The van der Waals surface area contributed by atoms with Crippen molar-refractivity contribution in [2.24, 2.45) is 11.3 Å². The number of nitrogens with zero attached hydrogens (tertiary/aromatic N) is 6. The van der Waals surface area contributed by atoms with Gasteiger partial charge in [0, 0.05) is 35.4 Å². The standard InChI is InChI=1S/C33H33ClN8O/c1-32(2,3)18-38-28-20(15-35)16-37-29-25(28)10-21(11-26(29)34)39-30(27-17-42(41-40-27)33-12-19(13-33)14-33)23-6-5-7-24-22(23)8-9-36-31(24)43-4/h5-11,16-17,19,30,39H,12-14,18H2,1-4H3,(H,37,38). The second-order valence-corrected chi connectivity index (χ2v) is 13.5. The van der Waals surface area contributed by atoms with Crippen LogP contribution in [0.5, 0.6) is 5.88 Å². The van der Waals surface area contributed by atoms with Gasteiger partial charge in [-0.25, -0.2) is 9.67 Å². The first kappa shape index (κ1) is 27.4. The molecule has 218 valence electrons. The number of nitrogens with one attached hydrogen (secondary N) is 2. The van der Waals surface area contributed by atoms with Gasteiger partial charge in [-0.1, -0.05) is 49.7 Å². The first-order chi connectivity index (χ1) is 20.7. The maximum absolute atomic E-state index is 9.92. The van der Waals surface area contributed by atoms with Crippen molar-refractivity contribution in [2.45, 2.75) is 51.6 Å². The number of benzene rings is 2. The third-order valence-electron chi connectivity index (χ3n) is 8.76. The van der Waals surface area contributed by atoms with Crippen LogP contribution in [0.2, 0.25) is 5.02 Å². The van der Waals surface area contributed by atoms with Gasteiger partial charge >= 0.3 is 0 Å². The molecule has 0 aliphatic heterocycles. The van der Waals surface area contributed by atoms with E-state index in [1.54, 1.807) is 19.5 Å². The predicted octanol–water partition coefficient (Wildman–Crippen LogP) is 7.08. The van der Waals surface area contributed by atoms with Gasteiger partial charge in [0.2, 0.25) is 5.88 Å². The van der Waals surface area contributed by atoms with Gasteiger partial charge in [0.1, 0.15) is 11.8 Å². The summed E-state index contributed by atoms with van der Waals surface area (Å²) in [7, 11) is 1.63. The molecule has 3 heterocycles. The van der Waals surface area contributed by atoms with Crippen molar-refractivity contribution in [1.29, 1.82) is 5.26 Å². The average molecular weight is 593 g/mol. The zero-order valence-corrected chi connectivity index (χ0v) is 25.4. The summed E-state index contributed by atoms with van der Waals surface area (Å²) in [6, 6.07) is 13.9. The Morgan fingerprint density at radius 2 is 1.95 bits per heavy atom. The van der Waals surface area contributed by atoms with Crippen LogP contribution in [0.15, 0.2) is 55.0 Å². The molecule has 5 aromatic rings. The Labute approximate surface area is 255 Å². The summed E-state index contributed by atoms with van der Waals surface area (Å²) in [5, 5.41) is 29.6. The van der Waals surface area contributed by atoms with Gasteiger partial charge in [0.05, 0.1) is 46.7 Å². The number of rotatable bonds is 8. The van der Waals surface area contributed by atoms with Crippen LogP contribution in [0.25, 0.3) is 21.7 Å². The number of hydrogen-bond acceptors (Lipinski definition) is 8. The summed E-state index contributed by atoms with van der Waals surface area (Å²) in [6.07, 6.45) is 8.93. The smallest absolute Gasteiger partial charge is 0.221 e. The maximum atomic E-state index is 9.92. The van der Waals surface area contributed by atoms with Crippen molar-refractivity contribution in [3.05, 3.63) is 76.8 Å². The van der Waals surface area contributed by atoms with Crippen molar-refractivity contribution in [3.8, 4) is 11.9 Å². The fraction of sp³-hybridized carbons (Fsp3) is 0.364. The summed E-state index contributed by atoms with van der Waals surface area (Å²) in [5.41, 5.74) is 4.53. The topological polar surface area (TPSA) is 114 Å². The van der Waals surface area contributed by atoms with E-state index in [9.17, 15) is 5.26 Å². The molecule has 3 aliphatic carbocycles. The molecule has 0 amide bonds. The van der Waals surface area contributed by atoms with Crippen LogP contribution in [0.4, 0.5) is 11.4 Å². The molecular weight excluding hydrogens is 560 g/mol. The fourth-order valence-corrected chi connectivity index (χ4v) is 6.69. The molecule has 2 bridgehead atoms. The first-order valence-electron chi connectivity index (χ1n) is 14.6. The highest BCUT2D eigenvalue weighted by atomic mass is 35.5. The number of fused-ring (bicyclic) bond motifs is 2. The Hall–Kier alpha value is -4.42. The Bertz CT molecular complexity index is 1900. The number of halogens is 1. The van der Waals surface area contributed by atoms with E-state index in [0.29, 0.717) is 28.5 Å². The number of anilines is 2. The molecule has 1 unspecified atom stereocenters. The van der Waals surface area contributed by atoms with E-state index in [1.807, 2.05) is 30.3 Å². The minimum atomic E-state index is -0.358. The van der Waals surface area contributed by atoms with Crippen LogP contribution in [-0.2, 0) is 5.54 Å². The van der Waals surface area contributed by atoms with Crippen molar-refractivity contribution in [3.63, 3.8) is 0 Å². The molecular formula is C33H33ClN8O. The molecule has 2 aromatic carbocycles. The molecule has 43 heavy (non-hydrogen) atoms. The molecule has 3 aromatic heterocycles. The van der Waals surface area contributed by atoms with Crippen molar-refractivity contribution < 1.29 is 4.74 Å². The van der Waals surface area contributed by atoms with Gasteiger partial charge < -0.3 is 15.4 Å². The molecule has 1 atom stereocenters. The molecule has 2 N–H and O–H groups in total. The van der Waals surface area contributed by atoms with Gasteiger partial charge in [0.15, 0.2) is 0 Å². The normalized spacial score (nSPS) is 19.8. The number of nitriles is 1. The van der Waals surface area contributed by atoms with Crippen LogP contribution in [0.1, 0.15) is 62.9 Å². The van der Waals surface area contributed by atoms with E-state index in [2.05, 4.69) is 69.6 Å². The Morgan fingerprint density at radius 1 is 1.14 bits per heavy atom. The van der Waals surface area contributed by atoms with Gasteiger partial charge in [-0.05, 0) is 65.8 Å². The Morgan fingerprint density at radius 3 is 2.65 bits per heavy atom. The highest BCUT2D eigenvalue weighted by Gasteiger charge is 2.59. The summed E-state index contributed by atoms with van der Waals surface area (Å²) in [5.74, 6) is 1.39. The Balaban J connectivity index is 1.36. The summed E-state index contributed by atoms with van der Waals surface area (Å²) in [4.78, 5) is 8.95. The lowest BCUT2D eigenvalue weighted by Gasteiger charge is -2.61. The molecule has 9 nitrogen and oxygen atoms in total. The van der Waals surface area contributed by atoms with Gasteiger partial charge in [-0.3, -0.25) is 4.98 Å². The van der Waals surface area contributed by atoms with Crippen LogP contribution in [0, 0.1) is 22.7 Å². The SMILES string of the molecule is COc1nccc2c(C(Nc3cc(Cl)c4ncc(C#N)c(NCC(C)(C)C)c4c3)c3cn(C45CC(C4)C5)nn3)cccc12. The molecule has 10 heteroatoms. The predicted molar refractivity (Wildman–Crippen MR) is 169 cm³/mol. The van der Waals surface area contributed by atoms with Crippen molar-refractivity contribution in [1.82, 2.24) is 25.0 Å². The zero-order valence-electron chi connectivity index (χ0n) is 24.6. The lowest BCUT2D eigenvalue weighted by atomic mass is 9.50. The molecule has 3 saturated carbocycles. The number of aromatic nitrogens is 5. The van der Waals surface area contributed by atoms with E-state index in [1.165, 1.54) is 19.3 Å². The third-order valence-corrected chi connectivity index (χ3v) is 9.05. The van der Waals surface area contributed by atoms with Crippen LogP contribution < -0.4 is 15.4 Å². The molecule has 0 radical (unpaired) electrons. The van der Waals surface area contributed by atoms with Crippen LogP contribution in [0.3, 0.4) is 0 Å². The van der Waals surface area contributed by atoms with Gasteiger partial charge in [0.25, 0.3) is 0 Å². The monoisotopic (exact) mass is 592 g/mol. The highest BCUT2D eigenvalue weighted by molar-refractivity contribution is 6.35. The van der Waals surface area contributed by atoms with E-state index in [4.69, 9.17) is 21.4 Å². The largest absolute Gasteiger partial charge is 0.481 e. The van der Waals surface area contributed by atoms with Crippen molar-refractivity contribution >= 4 is 44.7 Å². The van der Waals surface area contributed by atoms with Crippen molar-refractivity contribution in [2.75, 3.05) is 24.3 Å². The van der Waals surface area contributed by atoms with Crippen LogP contribution in [-0.4, -0.2) is 38.6 Å². The van der Waals surface area contributed by atoms with E-state index >= 15 is 0 Å². The second-order valence-electron chi connectivity index (χ2n) is 13.1. The molecule has 3 fully saturated rings. The molecule has 3 aliphatic rings. The number of hydrogen-bond donors (Lipinski definition) is 2. The minimum absolute atomic E-state index is 0.00354. The lowest BCUT2D eigenvalue weighted by molar-refractivity contribution is -0.0989. The first-order valence-corrected chi connectivity index (χ1v) is 14.9. The minimum Gasteiger partial charge on any atom is -0.481 e. The van der Waals surface area contributed by atoms with E-state index in [0.717, 1.165) is 44.7 Å². The number of methoxy groups -OCH3 is 1. The lowest BCUT2D eigenvalue weighted by Crippen LogP contribution is -2.59. The summed E-state index contributed by atoms with van der Waals surface area (Å²) < 4.78 is 7.65. The molecule has 0 spiro atoms. The van der Waals surface area contributed by atoms with Crippen LogP contribution >= 0.6 is 11.6 Å². The fourth-order valence-electron chi connectivity index (χ4n) is 6.42. The molecule has 8 rings (SSSR count). The summed E-state index contributed by atoms with van der Waals surface area (Å²) >= 11 is 6.86. The van der Waals surface area contributed by atoms with E-state index in [-0.39, 0.29) is 17.0 Å². The maximum Gasteiger partial charge on any atom is 0.221 e. The second kappa shape index (κ2) is 10.1. The average Bonchev–Trinajstić information content (AvgIpc) is 3.41. The Kier molecular flexibility index (Phi) is 6.44. The molecule has 0 saturated heterocycles. The third kappa shape index (κ3) is 4.70. The van der Waals surface area contributed by atoms with Gasteiger partial charge in [-0.15, -0.1) is 5.10 Å². The summed E-state index contributed by atoms with van der Waals surface area (Å²) in [6.45, 7) is 7.12. The number of ether oxygens (including phenoxy) is 1. The zero-order chi connectivity index (χ0) is 29.9. The highest BCUT2D eigenvalue weighted by Crippen LogP contribution is 2.62. The van der Waals surface area contributed by atoms with E-state index < -0.39 is 0 Å². The number of pyridine rings is 2.